The molecule has 3 heterocycles. The van der Waals surface area contributed by atoms with Crippen LogP contribution in [0, 0.1) is 0 Å². The average Bonchev–Trinajstić information content (AvgIpc) is 3.20. The Kier molecular flexibility index (Phi) is 2.86. The van der Waals surface area contributed by atoms with Gasteiger partial charge in [-0.25, -0.2) is 0 Å². The summed E-state index contributed by atoms with van der Waals surface area (Å²) in [6.45, 7) is 0. The minimum absolute atomic E-state index is 0.737. The van der Waals surface area contributed by atoms with E-state index in [1.165, 1.54) is 0 Å². The molecule has 6 heteroatoms. The summed E-state index contributed by atoms with van der Waals surface area (Å²) >= 11 is 0. The Bertz CT molecular complexity index is 923. The fraction of sp³-hybridized carbons (Fsp3) is 0.0625. The minimum Gasteiger partial charge on any atom is -0.366 e. The lowest BCUT2D eigenvalue weighted by molar-refractivity contribution is 0.772. The van der Waals surface area contributed by atoms with Crippen LogP contribution in [-0.2, 0) is 7.05 Å². The van der Waals surface area contributed by atoms with Gasteiger partial charge in [0.2, 0.25) is 0 Å². The lowest BCUT2D eigenvalue weighted by Gasteiger charge is -2.10. The summed E-state index contributed by atoms with van der Waals surface area (Å²) in [5.74, 6) is 0.737. The lowest BCUT2D eigenvalue weighted by Crippen LogP contribution is -2.01. The van der Waals surface area contributed by atoms with Crippen molar-refractivity contribution in [1.82, 2.24) is 25.0 Å². The van der Waals surface area contributed by atoms with E-state index in [-0.39, 0.29) is 0 Å². The summed E-state index contributed by atoms with van der Waals surface area (Å²) in [4.78, 5) is 3.02. The van der Waals surface area contributed by atoms with Crippen molar-refractivity contribution in [2.75, 3.05) is 5.32 Å². The number of aromatic amines is 1. The van der Waals surface area contributed by atoms with Crippen LogP contribution < -0.4 is 5.32 Å². The summed E-state index contributed by atoms with van der Waals surface area (Å²) in [6, 6.07) is 12.0. The fourth-order valence-corrected chi connectivity index (χ4v) is 2.53. The van der Waals surface area contributed by atoms with Crippen molar-refractivity contribution in [2.45, 2.75) is 0 Å². The van der Waals surface area contributed by atoms with Crippen LogP contribution in [0.4, 0.5) is 11.5 Å². The minimum atomic E-state index is 0.737. The molecular formula is C16H14N6. The predicted octanol–water partition coefficient (Wildman–Crippen LogP) is 3.10. The maximum absolute atomic E-state index is 4.41. The SMILES string of the molecule is Cn1nccc1-c1nnc(Nc2cc[nH]c2)c2ccccc12. The number of rotatable bonds is 3. The Labute approximate surface area is 126 Å². The van der Waals surface area contributed by atoms with Crippen LogP contribution in [0.1, 0.15) is 0 Å². The van der Waals surface area contributed by atoms with Crippen LogP contribution in [0.2, 0.25) is 0 Å². The molecule has 6 nitrogen and oxygen atoms in total. The van der Waals surface area contributed by atoms with Gasteiger partial charge in [-0.15, -0.1) is 10.2 Å². The third-order valence-electron chi connectivity index (χ3n) is 3.61. The molecule has 108 valence electrons. The van der Waals surface area contributed by atoms with E-state index in [0.29, 0.717) is 0 Å². The van der Waals surface area contributed by atoms with Gasteiger partial charge in [-0.05, 0) is 12.1 Å². The van der Waals surface area contributed by atoms with E-state index in [2.05, 4.69) is 31.7 Å². The molecule has 0 bridgehead atoms. The second-order valence-electron chi connectivity index (χ2n) is 5.01. The van der Waals surface area contributed by atoms with E-state index in [1.54, 1.807) is 10.9 Å². The molecule has 22 heavy (non-hydrogen) atoms. The van der Waals surface area contributed by atoms with Gasteiger partial charge in [-0.2, -0.15) is 5.10 Å². The number of benzene rings is 1. The molecule has 1 aromatic carbocycles. The lowest BCUT2D eigenvalue weighted by atomic mass is 10.1. The van der Waals surface area contributed by atoms with Gasteiger partial charge in [0.25, 0.3) is 0 Å². The second-order valence-corrected chi connectivity index (χ2v) is 5.01. The zero-order valence-electron chi connectivity index (χ0n) is 12.0. The molecule has 0 spiro atoms. The van der Waals surface area contributed by atoms with Gasteiger partial charge >= 0.3 is 0 Å². The Morgan fingerprint density at radius 1 is 1.05 bits per heavy atom. The molecule has 4 rings (SSSR count). The number of fused-ring (bicyclic) bond motifs is 1. The standard InChI is InChI=1S/C16H14N6/c1-22-14(7-9-18-22)15-12-4-2-3-5-13(12)16(21-20-15)19-11-6-8-17-10-11/h2-10,17H,1H3,(H,19,21). The van der Waals surface area contributed by atoms with Crippen LogP contribution >= 0.6 is 0 Å². The number of hydrogen-bond acceptors (Lipinski definition) is 4. The van der Waals surface area contributed by atoms with E-state index < -0.39 is 0 Å². The molecular weight excluding hydrogens is 276 g/mol. The van der Waals surface area contributed by atoms with Crippen molar-refractivity contribution in [3.63, 3.8) is 0 Å². The second kappa shape index (κ2) is 5.00. The van der Waals surface area contributed by atoms with Gasteiger partial charge in [-0.3, -0.25) is 4.68 Å². The molecule has 0 aliphatic carbocycles. The first kappa shape index (κ1) is 12.6. The van der Waals surface area contributed by atoms with Crippen LogP contribution in [0.25, 0.3) is 22.2 Å². The number of nitrogens with one attached hydrogen (secondary N) is 2. The Balaban J connectivity index is 1.90. The van der Waals surface area contributed by atoms with Gasteiger partial charge in [-0.1, -0.05) is 24.3 Å². The van der Waals surface area contributed by atoms with E-state index in [9.17, 15) is 0 Å². The summed E-state index contributed by atoms with van der Waals surface area (Å²) in [7, 11) is 1.90. The fourth-order valence-electron chi connectivity index (χ4n) is 2.53. The Hall–Kier alpha value is -3.15. The average molecular weight is 290 g/mol. The van der Waals surface area contributed by atoms with E-state index in [1.807, 2.05) is 49.8 Å². The van der Waals surface area contributed by atoms with E-state index in [4.69, 9.17) is 0 Å². The predicted molar refractivity (Wildman–Crippen MR) is 85.8 cm³/mol. The molecule has 0 fully saturated rings. The summed E-state index contributed by atoms with van der Waals surface area (Å²) in [5.41, 5.74) is 2.72. The molecule has 0 saturated carbocycles. The van der Waals surface area contributed by atoms with Gasteiger partial charge in [0.15, 0.2) is 5.82 Å². The largest absolute Gasteiger partial charge is 0.366 e. The van der Waals surface area contributed by atoms with Gasteiger partial charge < -0.3 is 10.3 Å². The maximum Gasteiger partial charge on any atom is 0.161 e. The highest BCUT2D eigenvalue weighted by atomic mass is 15.3. The highest BCUT2D eigenvalue weighted by molar-refractivity contribution is 6.00. The Morgan fingerprint density at radius 2 is 1.91 bits per heavy atom. The number of nitrogens with zero attached hydrogens (tertiary/aromatic N) is 4. The summed E-state index contributed by atoms with van der Waals surface area (Å²) in [6.07, 6.45) is 5.51. The molecule has 0 atom stereocenters. The third-order valence-corrected chi connectivity index (χ3v) is 3.61. The van der Waals surface area contributed by atoms with E-state index >= 15 is 0 Å². The summed E-state index contributed by atoms with van der Waals surface area (Å²) in [5, 5.41) is 18.3. The number of anilines is 2. The first-order valence-electron chi connectivity index (χ1n) is 6.96. The number of aryl methyl sites for hydroxylation is 1. The van der Waals surface area contributed by atoms with Crippen LogP contribution in [0.3, 0.4) is 0 Å². The normalized spacial score (nSPS) is 11.0. The van der Waals surface area contributed by atoms with Crippen LogP contribution in [0.15, 0.2) is 55.0 Å². The van der Waals surface area contributed by atoms with Crippen molar-refractivity contribution in [2.24, 2.45) is 7.05 Å². The topological polar surface area (TPSA) is 71.4 Å². The van der Waals surface area contributed by atoms with Crippen molar-refractivity contribution in [3.05, 3.63) is 55.0 Å². The first-order chi connectivity index (χ1) is 10.8. The zero-order valence-corrected chi connectivity index (χ0v) is 12.0. The number of H-pyrrole nitrogens is 1. The van der Waals surface area contributed by atoms with Gasteiger partial charge in [0, 0.05) is 36.4 Å². The highest BCUT2D eigenvalue weighted by Gasteiger charge is 2.13. The Morgan fingerprint density at radius 3 is 2.64 bits per heavy atom. The maximum atomic E-state index is 4.41. The van der Waals surface area contributed by atoms with Gasteiger partial charge in [0.1, 0.15) is 5.69 Å². The molecule has 0 radical (unpaired) electrons. The highest BCUT2D eigenvalue weighted by Crippen LogP contribution is 2.30. The molecule has 0 unspecified atom stereocenters. The molecule has 0 aliphatic heterocycles. The number of aromatic nitrogens is 5. The molecule has 0 amide bonds. The first-order valence-corrected chi connectivity index (χ1v) is 6.96. The smallest absolute Gasteiger partial charge is 0.161 e. The molecule has 2 N–H and O–H groups in total. The third kappa shape index (κ3) is 2.01. The van der Waals surface area contributed by atoms with Crippen LogP contribution in [-0.4, -0.2) is 25.0 Å². The van der Waals surface area contributed by atoms with Crippen LogP contribution in [0.5, 0.6) is 0 Å². The van der Waals surface area contributed by atoms with Gasteiger partial charge in [0.05, 0.1) is 11.4 Å². The molecule has 4 aromatic rings. The zero-order chi connectivity index (χ0) is 14.9. The molecule has 3 aromatic heterocycles. The number of hydrogen-bond donors (Lipinski definition) is 2. The van der Waals surface area contributed by atoms with Crippen molar-refractivity contribution in [1.29, 1.82) is 0 Å². The molecule has 0 aliphatic rings. The summed E-state index contributed by atoms with van der Waals surface area (Å²) < 4.78 is 1.80. The van der Waals surface area contributed by atoms with E-state index in [0.717, 1.165) is 33.7 Å². The van der Waals surface area contributed by atoms with Crippen molar-refractivity contribution in [3.8, 4) is 11.4 Å². The van der Waals surface area contributed by atoms with Crippen molar-refractivity contribution >= 4 is 22.3 Å². The van der Waals surface area contributed by atoms with Crippen molar-refractivity contribution < 1.29 is 0 Å². The quantitative estimate of drug-likeness (QED) is 0.608. The monoisotopic (exact) mass is 290 g/mol. The molecule has 0 saturated heterocycles.